The number of unbranched alkanes of at least 4 members (excludes halogenated alkanes) is 2. The summed E-state index contributed by atoms with van der Waals surface area (Å²) in [5, 5.41) is 21.5. The summed E-state index contributed by atoms with van der Waals surface area (Å²) in [6.45, 7) is 3.44. The van der Waals surface area contributed by atoms with Crippen molar-refractivity contribution in [3.8, 4) is 6.07 Å². The summed E-state index contributed by atoms with van der Waals surface area (Å²) in [5.74, 6) is 0.715. The van der Waals surface area contributed by atoms with Gasteiger partial charge in [-0.2, -0.15) is 5.26 Å². The average molecular weight is 224 g/mol. The summed E-state index contributed by atoms with van der Waals surface area (Å²) in [7, 11) is 0. The van der Waals surface area contributed by atoms with Gasteiger partial charge < -0.3 is 10.4 Å². The lowest BCUT2D eigenvalue weighted by Crippen LogP contribution is -2.51. The van der Waals surface area contributed by atoms with Crippen LogP contribution in [-0.2, 0) is 0 Å². The van der Waals surface area contributed by atoms with Crippen molar-refractivity contribution in [2.24, 2.45) is 5.92 Å². The maximum absolute atomic E-state index is 9.55. The lowest BCUT2D eigenvalue weighted by molar-refractivity contribution is 0.0996. The van der Waals surface area contributed by atoms with Crippen LogP contribution in [0.25, 0.3) is 0 Å². The number of hydrogen-bond acceptors (Lipinski definition) is 3. The van der Waals surface area contributed by atoms with E-state index in [0.29, 0.717) is 12.3 Å². The van der Waals surface area contributed by atoms with Gasteiger partial charge in [-0.15, -0.1) is 0 Å². The summed E-state index contributed by atoms with van der Waals surface area (Å²) < 4.78 is 0. The third-order valence-electron chi connectivity index (χ3n) is 3.61. The second-order valence-electron chi connectivity index (χ2n) is 5.18. The highest BCUT2D eigenvalue weighted by molar-refractivity contribution is 4.92. The molecule has 1 aliphatic carbocycles. The van der Waals surface area contributed by atoms with Gasteiger partial charge in [-0.3, -0.25) is 0 Å². The van der Waals surface area contributed by atoms with Crippen LogP contribution in [0.1, 0.15) is 51.9 Å². The van der Waals surface area contributed by atoms with E-state index in [4.69, 9.17) is 5.26 Å². The molecule has 0 radical (unpaired) electrons. The quantitative estimate of drug-likeness (QED) is 0.680. The van der Waals surface area contributed by atoms with Gasteiger partial charge in [0.1, 0.15) is 0 Å². The molecule has 1 rings (SSSR count). The number of nitrogens with one attached hydrogen (secondary N) is 1. The molecule has 0 saturated heterocycles. The third-order valence-corrected chi connectivity index (χ3v) is 3.61. The molecule has 0 bridgehead atoms. The van der Waals surface area contributed by atoms with Crippen LogP contribution in [0.3, 0.4) is 0 Å². The van der Waals surface area contributed by atoms with E-state index >= 15 is 0 Å². The maximum atomic E-state index is 9.55. The molecule has 2 unspecified atom stereocenters. The first-order chi connectivity index (χ1) is 7.72. The summed E-state index contributed by atoms with van der Waals surface area (Å²) >= 11 is 0. The second-order valence-corrected chi connectivity index (χ2v) is 5.18. The zero-order valence-electron chi connectivity index (χ0n) is 10.3. The average Bonchev–Trinajstić information content (AvgIpc) is 2.29. The fraction of sp³-hybridized carbons (Fsp3) is 0.923. The number of rotatable bonds is 6. The first kappa shape index (κ1) is 13.5. The van der Waals surface area contributed by atoms with Gasteiger partial charge in [-0.05, 0) is 38.1 Å². The van der Waals surface area contributed by atoms with E-state index in [1.54, 1.807) is 0 Å². The normalized spacial score (nSPS) is 29.9. The van der Waals surface area contributed by atoms with Crippen molar-refractivity contribution in [3.63, 3.8) is 0 Å². The van der Waals surface area contributed by atoms with Crippen molar-refractivity contribution in [2.45, 2.75) is 57.4 Å². The minimum atomic E-state index is -0.0374. The standard InChI is InChI=1S/C13H24N2O/c1-12-6-5-7-13(10-12,11-16)15-9-4-2-3-8-14/h12,15-16H,2-7,9-11H2,1H3. The highest BCUT2D eigenvalue weighted by Crippen LogP contribution is 2.31. The van der Waals surface area contributed by atoms with Crippen LogP contribution in [-0.4, -0.2) is 23.8 Å². The zero-order chi connectivity index (χ0) is 11.9. The molecule has 0 aromatic heterocycles. The summed E-state index contributed by atoms with van der Waals surface area (Å²) in [4.78, 5) is 0. The lowest BCUT2D eigenvalue weighted by atomic mass is 9.77. The van der Waals surface area contributed by atoms with Gasteiger partial charge in [0, 0.05) is 12.0 Å². The summed E-state index contributed by atoms with van der Waals surface area (Å²) in [6.07, 6.45) is 7.31. The maximum Gasteiger partial charge on any atom is 0.0621 e. The van der Waals surface area contributed by atoms with Crippen molar-refractivity contribution in [1.82, 2.24) is 5.32 Å². The molecule has 1 saturated carbocycles. The molecule has 0 aromatic rings. The molecule has 1 aliphatic rings. The Hall–Kier alpha value is -0.590. The van der Waals surface area contributed by atoms with Crippen LogP contribution < -0.4 is 5.32 Å². The van der Waals surface area contributed by atoms with Gasteiger partial charge >= 0.3 is 0 Å². The van der Waals surface area contributed by atoms with Gasteiger partial charge in [-0.25, -0.2) is 0 Å². The van der Waals surface area contributed by atoms with Crippen LogP contribution >= 0.6 is 0 Å². The molecule has 0 aromatic carbocycles. The minimum Gasteiger partial charge on any atom is -0.394 e. The van der Waals surface area contributed by atoms with E-state index < -0.39 is 0 Å². The van der Waals surface area contributed by atoms with E-state index in [2.05, 4.69) is 18.3 Å². The molecule has 1 fully saturated rings. The Morgan fingerprint density at radius 2 is 2.31 bits per heavy atom. The fourth-order valence-electron chi connectivity index (χ4n) is 2.70. The molecule has 92 valence electrons. The highest BCUT2D eigenvalue weighted by Gasteiger charge is 2.33. The van der Waals surface area contributed by atoms with Crippen molar-refractivity contribution in [3.05, 3.63) is 0 Å². The first-order valence-corrected chi connectivity index (χ1v) is 6.45. The van der Waals surface area contributed by atoms with Crippen molar-refractivity contribution in [2.75, 3.05) is 13.2 Å². The Kier molecular flexibility index (Phi) is 5.79. The molecule has 2 N–H and O–H groups in total. The Morgan fingerprint density at radius 3 is 2.94 bits per heavy atom. The Bertz CT molecular complexity index is 237. The summed E-state index contributed by atoms with van der Waals surface area (Å²) in [6, 6.07) is 2.16. The summed E-state index contributed by atoms with van der Waals surface area (Å²) in [5.41, 5.74) is -0.0374. The largest absolute Gasteiger partial charge is 0.394 e. The lowest BCUT2D eigenvalue weighted by Gasteiger charge is -2.39. The molecule has 2 atom stereocenters. The predicted octanol–water partition coefficient (Wildman–Crippen LogP) is 2.21. The van der Waals surface area contributed by atoms with E-state index in [-0.39, 0.29) is 12.1 Å². The van der Waals surface area contributed by atoms with Crippen molar-refractivity contribution < 1.29 is 5.11 Å². The Morgan fingerprint density at radius 1 is 1.50 bits per heavy atom. The molecule has 16 heavy (non-hydrogen) atoms. The smallest absolute Gasteiger partial charge is 0.0621 e. The second kappa shape index (κ2) is 6.88. The first-order valence-electron chi connectivity index (χ1n) is 6.45. The van der Waals surface area contributed by atoms with Gasteiger partial charge in [0.2, 0.25) is 0 Å². The van der Waals surface area contributed by atoms with Crippen molar-refractivity contribution >= 4 is 0 Å². The van der Waals surface area contributed by atoms with Crippen LogP contribution in [0, 0.1) is 17.2 Å². The van der Waals surface area contributed by atoms with E-state index in [9.17, 15) is 5.11 Å². The molecular formula is C13H24N2O. The number of hydrogen-bond donors (Lipinski definition) is 2. The van der Waals surface area contributed by atoms with Gasteiger partial charge in [0.05, 0.1) is 12.7 Å². The molecule has 0 amide bonds. The van der Waals surface area contributed by atoms with Crippen LogP contribution in [0.2, 0.25) is 0 Å². The SMILES string of the molecule is CC1CCCC(CO)(NCCCCC#N)C1. The minimum absolute atomic E-state index is 0.0374. The number of nitriles is 1. The van der Waals surface area contributed by atoms with E-state index in [1.165, 1.54) is 12.8 Å². The van der Waals surface area contributed by atoms with Crippen LogP contribution in [0.4, 0.5) is 0 Å². The number of aliphatic hydroxyl groups excluding tert-OH is 1. The molecule has 3 heteroatoms. The Balaban J connectivity index is 2.27. The topological polar surface area (TPSA) is 56.0 Å². The number of nitrogens with zero attached hydrogens (tertiary/aromatic N) is 1. The predicted molar refractivity (Wildman–Crippen MR) is 64.9 cm³/mol. The molecule has 0 heterocycles. The van der Waals surface area contributed by atoms with Crippen molar-refractivity contribution in [1.29, 1.82) is 5.26 Å². The van der Waals surface area contributed by atoms with Gasteiger partial charge in [-0.1, -0.05) is 19.8 Å². The van der Waals surface area contributed by atoms with Gasteiger partial charge in [0.15, 0.2) is 0 Å². The molecule has 0 aliphatic heterocycles. The Labute approximate surface area is 98.8 Å². The third kappa shape index (κ3) is 4.11. The zero-order valence-corrected chi connectivity index (χ0v) is 10.3. The molecule has 0 spiro atoms. The van der Waals surface area contributed by atoms with E-state index in [1.807, 2.05) is 0 Å². The van der Waals surface area contributed by atoms with Crippen LogP contribution in [0.5, 0.6) is 0 Å². The van der Waals surface area contributed by atoms with E-state index in [0.717, 1.165) is 32.2 Å². The van der Waals surface area contributed by atoms with Gasteiger partial charge in [0.25, 0.3) is 0 Å². The number of aliphatic hydroxyl groups is 1. The van der Waals surface area contributed by atoms with Crippen LogP contribution in [0.15, 0.2) is 0 Å². The fourth-order valence-corrected chi connectivity index (χ4v) is 2.70. The molecule has 3 nitrogen and oxygen atoms in total. The highest BCUT2D eigenvalue weighted by atomic mass is 16.3. The monoisotopic (exact) mass is 224 g/mol. The molecular weight excluding hydrogens is 200 g/mol.